The van der Waals surface area contributed by atoms with Crippen molar-refractivity contribution in [3.8, 4) is 0 Å². The molecule has 1 amide bonds. The average Bonchev–Trinajstić information content (AvgIpc) is 3.81. The minimum absolute atomic E-state index is 0. The van der Waals surface area contributed by atoms with Crippen molar-refractivity contribution >= 4 is 58.4 Å². The summed E-state index contributed by atoms with van der Waals surface area (Å²) >= 11 is 18.9. The van der Waals surface area contributed by atoms with Crippen molar-refractivity contribution in [1.82, 2.24) is 24.9 Å². The number of aromatic nitrogens is 4. The van der Waals surface area contributed by atoms with E-state index in [4.69, 9.17) is 50.7 Å². The average molecular weight is 861 g/mol. The number of nitrogens with one attached hydrogen (secondary N) is 1. The highest BCUT2D eigenvalue weighted by Crippen LogP contribution is 2.42. The molecular formula is C42H66Cl4N6O4. The van der Waals surface area contributed by atoms with E-state index >= 15 is 0 Å². The lowest BCUT2D eigenvalue weighted by molar-refractivity contribution is 0.0865. The zero-order valence-electron chi connectivity index (χ0n) is 33.1. The van der Waals surface area contributed by atoms with Gasteiger partial charge in [0.2, 0.25) is 0 Å². The molecule has 8 rings (SSSR count). The number of aliphatic hydroxyl groups excluding tert-OH is 2. The number of amides is 1. The van der Waals surface area contributed by atoms with Gasteiger partial charge in [0.05, 0.1) is 34.2 Å². The Balaban J connectivity index is 0.000000179. The minimum Gasteiger partial charge on any atom is -0.396 e. The van der Waals surface area contributed by atoms with Crippen LogP contribution in [0, 0.1) is 11.8 Å². The number of alkyl halides is 2. The van der Waals surface area contributed by atoms with Crippen molar-refractivity contribution in [2.24, 2.45) is 17.6 Å². The Morgan fingerprint density at radius 3 is 1.55 bits per heavy atom. The Labute approximate surface area is 355 Å². The van der Waals surface area contributed by atoms with Gasteiger partial charge in [0, 0.05) is 42.3 Å². The summed E-state index contributed by atoms with van der Waals surface area (Å²) in [7, 11) is 0. The van der Waals surface area contributed by atoms with Crippen LogP contribution in [0.3, 0.4) is 0 Å². The maximum Gasteiger partial charge on any atom is 0.273 e. The number of rotatable bonds is 7. The minimum atomic E-state index is -0.448. The number of carbonyl (C=O) groups is 2. The van der Waals surface area contributed by atoms with Crippen molar-refractivity contribution in [1.29, 1.82) is 0 Å². The van der Waals surface area contributed by atoms with E-state index in [9.17, 15) is 14.7 Å². The summed E-state index contributed by atoms with van der Waals surface area (Å²) < 4.78 is 4.14. The highest BCUT2D eigenvalue weighted by atomic mass is 35.5. The molecule has 4 fully saturated rings. The zero-order chi connectivity index (χ0) is 38.9. The lowest BCUT2D eigenvalue weighted by Crippen LogP contribution is -2.43. The van der Waals surface area contributed by atoms with Gasteiger partial charge in [-0.1, -0.05) is 64.2 Å². The summed E-state index contributed by atoms with van der Waals surface area (Å²) in [4.78, 5) is 24.7. The number of fused-ring (bicyclic) bond motifs is 2. The number of hydrogen-bond acceptors (Lipinski definition) is 7. The molecule has 14 heteroatoms. The normalized spacial score (nSPS) is 28.2. The predicted molar refractivity (Wildman–Crippen MR) is 227 cm³/mol. The number of aliphatic hydroxyl groups is 2. The van der Waals surface area contributed by atoms with E-state index in [-0.39, 0.29) is 60.3 Å². The SMILES string of the molecule is Cl.N[C@H]1CCCC[C@H]1CO.O=C(Cl)c1nn(C2CCCCC2)c2c1CCCC2Cl.O=C(N[C@H]1CCCC[C@H]1CO)c1nn(C2CCCCC2)c2c1CCCC2Cl. The Bertz CT molecular complexity index is 1560. The summed E-state index contributed by atoms with van der Waals surface area (Å²) in [5, 5.41) is 30.5. The van der Waals surface area contributed by atoms with Crippen LogP contribution < -0.4 is 11.1 Å². The van der Waals surface area contributed by atoms with Gasteiger partial charge in [-0.3, -0.25) is 19.0 Å². The van der Waals surface area contributed by atoms with Crippen molar-refractivity contribution in [3.63, 3.8) is 0 Å². The van der Waals surface area contributed by atoms with E-state index in [2.05, 4.69) is 15.1 Å². The highest BCUT2D eigenvalue weighted by Gasteiger charge is 2.35. The highest BCUT2D eigenvalue weighted by molar-refractivity contribution is 6.67. The number of nitrogens with two attached hydrogens (primary N) is 1. The van der Waals surface area contributed by atoms with Crippen LogP contribution in [-0.2, 0) is 12.8 Å². The van der Waals surface area contributed by atoms with Crippen LogP contribution in [0.2, 0.25) is 0 Å². The fraction of sp³-hybridized carbons (Fsp3) is 0.810. The molecule has 2 heterocycles. The first kappa shape index (κ1) is 45.7. The molecule has 6 aliphatic rings. The number of nitrogens with zero attached hydrogens (tertiary/aromatic N) is 4. The topological polar surface area (TPSA) is 148 Å². The summed E-state index contributed by atoms with van der Waals surface area (Å²) in [6.07, 6.45) is 26.7. The zero-order valence-corrected chi connectivity index (χ0v) is 36.2. The second kappa shape index (κ2) is 22.3. The van der Waals surface area contributed by atoms with Gasteiger partial charge in [-0.05, 0) is 107 Å². The first-order valence-electron chi connectivity index (χ1n) is 21.7. The van der Waals surface area contributed by atoms with E-state index in [0.29, 0.717) is 29.4 Å². The Morgan fingerprint density at radius 1 is 0.625 bits per heavy atom. The third-order valence-electron chi connectivity index (χ3n) is 13.4. The number of hydrogen-bond donors (Lipinski definition) is 4. The van der Waals surface area contributed by atoms with Crippen LogP contribution in [0.15, 0.2) is 0 Å². The van der Waals surface area contributed by atoms with E-state index in [1.165, 1.54) is 51.4 Å². The molecule has 6 atom stereocenters. The van der Waals surface area contributed by atoms with Crippen LogP contribution >= 0.6 is 47.2 Å². The fourth-order valence-corrected chi connectivity index (χ4v) is 11.1. The van der Waals surface area contributed by atoms with E-state index in [0.717, 1.165) is 125 Å². The van der Waals surface area contributed by atoms with Gasteiger partial charge in [0.15, 0.2) is 5.69 Å². The monoisotopic (exact) mass is 858 g/mol. The van der Waals surface area contributed by atoms with Gasteiger partial charge in [0.25, 0.3) is 11.1 Å². The van der Waals surface area contributed by atoms with Gasteiger partial charge >= 0.3 is 0 Å². The maximum atomic E-state index is 13.1. The van der Waals surface area contributed by atoms with Crippen LogP contribution in [0.25, 0.3) is 0 Å². The maximum absolute atomic E-state index is 13.1. The van der Waals surface area contributed by atoms with Crippen LogP contribution in [0.4, 0.5) is 0 Å². The van der Waals surface area contributed by atoms with Gasteiger partial charge in [-0.2, -0.15) is 10.2 Å². The van der Waals surface area contributed by atoms with Crippen LogP contribution in [0.1, 0.15) is 208 Å². The molecular weight excluding hydrogens is 794 g/mol. The molecule has 0 aliphatic heterocycles. The Kier molecular flexibility index (Phi) is 18.2. The van der Waals surface area contributed by atoms with E-state index < -0.39 is 5.24 Å². The predicted octanol–water partition coefficient (Wildman–Crippen LogP) is 9.59. The standard InChI is InChI=1S/C21H32ClN3O2.C14H18Cl2N2O.C7H15NO.ClH/c22-17-11-6-10-16-19(21(27)23-18-12-5-4-7-14(18)13-26)24-25(20(16)17)15-8-2-1-3-9-15;15-11-8-4-7-10-12(14(16)19)17-18(13(10)11)9-5-2-1-3-6-9;8-7-4-2-1-3-6(7)5-9;/h14-15,17-18,26H,1-13H2,(H,23,27);9,11H,1-8H2;6-7,9H,1-5,8H2;1H/t14-,17?,18-;;6-,7-;/m0.0./s1. The molecule has 56 heavy (non-hydrogen) atoms. The molecule has 4 saturated carbocycles. The molecule has 6 aliphatic carbocycles. The first-order valence-corrected chi connectivity index (χ1v) is 22.9. The Hall–Kier alpha value is -1.40. The number of halogens is 4. The summed E-state index contributed by atoms with van der Waals surface area (Å²) in [5.74, 6) is 0.482. The van der Waals surface area contributed by atoms with Crippen molar-refractivity contribution in [2.45, 2.75) is 189 Å². The van der Waals surface area contributed by atoms with E-state index in [1.54, 1.807) is 0 Å². The molecule has 0 bridgehead atoms. The lowest BCUT2D eigenvalue weighted by Gasteiger charge is -2.30. The molecule has 0 saturated heterocycles. The molecule has 5 N–H and O–H groups in total. The number of carbonyl (C=O) groups excluding carboxylic acids is 2. The van der Waals surface area contributed by atoms with Crippen molar-refractivity contribution < 1.29 is 19.8 Å². The molecule has 0 aromatic carbocycles. The van der Waals surface area contributed by atoms with Crippen molar-refractivity contribution in [2.75, 3.05) is 13.2 Å². The molecule has 0 radical (unpaired) electrons. The van der Waals surface area contributed by atoms with Crippen LogP contribution in [0.5, 0.6) is 0 Å². The summed E-state index contributed by atoms with van der Waals surface area (Å²) in [6.45, 7) is 0.421. The smallest absolute Gasteiger partial charge is 0.273 e. The Morgan fingerprint density at radius 2 is 1.07 bits per heavy atom. The quantitative estimate of drug-likeness (QED) is 0.160. The van der Waals surface area contributed by atoms with Gasteiger partial charge in [0.1, 0.15) is 5.69 Å². The largest absolute Gasteiger partial charge is 0.396 e. The molecule has 2 aromatic heterocycles. The second-order valence-electron chi connectivity index (χ2n) is 17.1. The summed E-state index contributed by atoms with van der Waals surface area (Å²) in [6, 6.07) is 1.10. The second-order valence-corrected chi connectivity index (χ2v) is 18.5. The fourth-order valence-electron chi connectivity index (χ4n) is 10.2. The van der Waals surface area contributed by atoms with Crippen molar-refractivity contribution in [3.05, 3.63) is 33.9 Å². The van der Waals surface area contributed by atoms with Gasteiger partial charge < -0.3 is 21.3 Å². The summed E-state index contributed by atoms with van der Waals surface area (Å²) in [5.41, 5.74) is 11.0. The molecule has 2 unspecified atom stereocenters. The third-order valence-corrected chi connectivity index (χ3v) is 14.4. The molecule has 0 spiro atoms. The molecule has 316 valence electrons. The van der Waals surface area contributed by atoms with Crippen LogP contribution in [-0.4, -0.2) is 66.2 Å². The third kappa shape index (κ3) is 11.0. The molecule has 10 nitrogen and oxygen atoms in total. The first-order chi connectivity index (χ1) is 26.7. The van der Waals surface area contributed by atoms with Gasteiger partial charge in [-0.25, -0.2) is 0 Å². The van der Waals surface area contributed by atoms with Gasteiger partial charge in [-0.15, -0.1) is 35.6 Å². The van der Waals surface area contributed by atoms with E-state index in [1.807, 2.05) is 4.68 Å². The molecule has 2 aromatic rings. The lowest BCUT2D eigenvalue weighted by atomic mass is 9.85.